The van der Waals surface area contributed by atoms with Crippen molar-refractivity contribution in [3.63, 3.8) is 0 Å². The van der Waals surface area contributed by atoms with Crippen molar-refractivity contribution in [3.8, 4) is 33.6 Å². The first-order chi connectivity index (χ1) is 21.8. The van der Waals surface area contributed by atoms with Gasteiger partial charge in [0.05, 0.1) is 22.4 Å². The minimum atomic E-state index is 0.884. The molecule has 204 valence electrons. The summed E-state index contributed by atoms with van der Waals surface area (Å²) >= 11 is 0. The molecule has 2 nitrogen and oxygen atoms in total. The van der Waals surface area contributed by atoms with Gasteiger partial charge in [0, 0.05) is 11.1 Å². The van der Waals surface area contributed by atoms with Crippen molar-refractivity contribution in [1.29, 1.82) is 0 Å². The van der Waals surface area contributed by atoms with Gasteiger partial charge in [0.15, 0.2) is 0 Å². The SMILES string of the molecule is c1cc(-c2nc3ccccc3nc2-c2ccc3ccc4ccccc4c3c2)cc(-c2cc3ccccc3c3ccccc23)c1. The van der Waals surface area contributed by atoms with Crippen molar-refractivity contribution in [2.45, 2.75) is 0 Å². The van der Waals surface area contributed by atoms with Gasteiger partial charge in [-0.15, -0.1) is 0 Å². The van der Waals surface area contributed by atoms with Crippen LogP contribution >= 0.6 is 0 Å². The van der Waals surface area contributed by atoms with E-state index in [1.807, 2.05) is 24.3 Å². The normalized spacial score (nSPS) is 11.6. The second-order valence-electron chi connectivity index (χ2n) is 11.4. The predicted octanol–water partition coefficient (Wildman–Crippen LogP) is 11.2. The molecule has 1 aromatic heterocycles. The van der Waals surface area contributed by atoms with Crippen LogP contribution in [-0.4, -0.2) is 9.97 Å². The Kier molecular flexibility index (Phi) is 5.54. The van der Waals surface area contributed by atoms with E-state index in [4.69, 9.17) is 9.97 Å². The van der Waals surface area contributed by atoms with Crippen molar-refractivity contribution in [1.82, 2.24) is 9.97 Å². The highest BCUT2D eigenvalue weighted by Gasteiger charge is 2.16. The van der Waals surface area contributed by atoms with Gasteiger partial charge in [-0.1, -0.05) is 127 Å². The molecule has 0 aliphatic heterocycles. The lowest BCUT2D eigenvalue weighted by atomic mass is 9.92. The third-order valence-corrected chi connectivity index (χ3v) is 8.81. The van der Waals surface area contributed by atoms with Crippen LogP contribution in [0.3, 0.4) is 0 Å². The van der Waals surface area contributed by atoms with Gasteiger partial charge in [-0.3, -0.25) is 0 Å². The minimum absolute atomic E-state index is 0.884. The fraction of sp³-hybridized carbons (Fsp3) is 0. The van der Waals surface area contributed by atoms with Gasteiger partial charge in [-0.2, -0.15) is 0 Å². The molecule has 0 spiro atoms. The number of hydrogen-bond donors (Lipinski definition) is 0. The highest BCUT2D eigenvalue weighted by Crippen LogP contribution is 2.39. The average molecular weight is 559 g/mol. The van der Waals surface area contributed by atoms with E-state index in [0.717, 1.165) is 39.1 Å². The Balaban J connectivity index is 1.29. The van der Waals surface area contributed by atoms with Gasteiger partial charge in [0.1, 0.15) is 0 Å². The van der Waals surface area contributed by atoms with E-state index >= 15 is 0 Å². The average Bonchev–Trinajstić information content (AvgIpc) is 3.10. The topological polar surface area (TPSA) is 25.8 Å². The highest BCUT2D eigenvalue weighted by atomic mass is 14.8. The van der Waals surface area contributed by atoms with Crippen molar-refractivity contribution in [2.24, 2.45) is 0 Å². The number of rotatable bonds is 3. The lowest BCUT2D eigenvalue weighted by Gasteiger charge is -2.14. The zero-order valence-electron chi connectivity index (χ0n) is 23.9. The summed E-state index contributed by atoms with van der Waals surface area (Å²) in [6.45, 7) is 0. The molecule has 2 heteroatoms. The van der Waals surface area contributed by atoms with Crippen LogP contribution in [-0.2, 0) is 0 Å². The molecular formula is C42H26N2. The third kappa shape index (κ3) is 3.96. The summed E-state index contributed by atoms with van der Waals surface area (Å²) < 4.78 is 0. The Morgan fingerprint density at radius 3 is 1.57 bits per heavy atom. The molecule has 0 unspecified atom stereocenters. The van der Waals surface area contributed by atoms with Crippen LogP contribution in [0.25, 0.3) is 87.8 Å². The van der Waals surface area contributed by atoms with Crippen LogP contribution in [0, 0.1) is 0 Å². The van der Waals surface area contributed by atoms with E-state index in [9.17, 15) is 0 Å². The van der Waals surface area contributed by atoms with E-state index in [1.54, 1.807) is 0 Å². The fourth-order valence-electron chi connectivity index (χ4n) is 6.68. The van der Waals surface area contributed by atoms with E-state index in [1.165, 1.54) is 48.7 Å². The molecule has 0 saturated heterocycles. The third-order valence-electron chi connectivity index (χ3n) is 8.81. The zero-order chi connectivity index (χ0) is 29.0. The van der Waals surface area contributed by atoms with E-state index in [-0.39, 0.29) is 0 Å². The van der Waals surface area contributed by atoms with Gasteiger partial charge in [0.2, 0.25) is 0 Å². The minimum Gasteiger partial charge on any atom is -0.244 e. The Bertz CT molecular complexity index is 2560. The van der Waals surface area contributed by atoms with Crippen LogP contribution in [0.5, 0.6) is 0 Å². The molecule has 0 bridgehead atoms. The van der Waals surface area contributed by atoms with Crippen molar-refractivity contribution in [3.05, 3.63) is 158 Å². The number of para-hydroxylation sites is 2. The van der Waals surface area contributed by atoms with Gasteiger partial charge in [0.25, 0.3) is 0 Å². The standard InChI is InChI=1S/C42H26N2/c1-3-14-33-27(10-1)20-21-28-22-23-32(26-37(28)33)42-41(43-39-18-7-8-19-40(39)44-42)31-13-9-12-29(24-31)38-25-30-11-2-4-15-34(30)35-16-5-6-17-36(35)38/h1-26H. The summed E-state index contributed by atoms with van der Waals surface area (Å²) in [5.41, 5.74) is 8.03. The Hall–Kier alpha value is -5.86. The maximum absolute atomic E-state index is 5.25. The largest absolute Gasteiger partial charge is 0.244 e. The van der Waals surface area contributed by atoms with Gasteiger partial charge >= 0.3 is 0 Å². The van der Waals surface area contributed by atoms with Gasteiger partial charge < -0.3 is 0 Å². The van der Waals surface area contributed by atoms with Crippen LogP contribution in [0.4, 0.5) is 0 Å². The first-order valence-corrected chi connectivity index (χ1v) is 15.0. The molecule has 1 heterocycles. The molecule has 0 amide bonds. The summed E-state index contributed by atoms with van der Waals surface area (Å²) in [5.74, 6) is 0. The molecule has 0 N–H and O–H groups in total. The van der Waals surface area contributed by atoms with Crippen molar-refractivity contribution < 1.29 is 0 Å². The quantitative estimate of drug-likeness (QED) is 0.202. The predicted molar refractivity (Wildman–Crippen MR) is 186 cm³/mol. The molecule has 9 aromatic rings. The molecule has 44 heavy (non-hydrogen) atoms. The summed E-state index contributed by atoms with van der Waals surface area (Å²) in [5, 5.41) is 9.93. The molecule has 8 aromatic carbocycles. The highest BCUT2D eigenvalue weighted by molar-refractivity contribution is 6.14. The summed E-state index contributed by atoms with van der Waals surface area (Å²) in [6.07, 6.45) is 0. The van der Waals surface area contributed by atoms with Gasteiger partial charge in [-0.25, -0.2) is 9.97 Å². The summed E-state index contributed by atoms with van der Waals surface area (Å²) in [6, 6.07) is 56.2. The van der Waals surface area contributed by atoms with E-state index in [2.05, 4.69) is 133 Å². The summed E-state index contributed by atoms with van der Waals surface area (Å²) in [7, 11) is 0. The second-order valence-corrected chi connectivity index (χ2v) is 11.4. The Morgan fingerprint density at radius 2 is 0.818 bits per heavy atom. The summed E-state index contributed by atoms with van der Waals surface area (Å²) in [4.78, 5) is 10.5. The van der Waals surface area contributed by atoms with Crippen LogP contribution in [0.1, 0.15) is 0 Å². The van der Waals surface area contributed by atoms with Crippen LogP contribution < -0.4 is 0 Å². The number of fused-ring (bicyclic) bond motifs is 7. The molecule has 9 rings (SSSR count). The molecular weight excluding hydrogens is 532 g/mol. The molecule has 0 saturated carbocycles. The zero-order valence-corrected chi connectivity index (χ0v) is 23.9. The maximum atomic E-state index is 5.25. The Labute approximate surface area is 254 Å². The number of benzene rings is 8. The lowest BCUT2D eigenvalue weighted by Crippen LogP contribution is -1.96. The maximum Gasteiger partial charge on any atom is 0.0973 e. The number of nitrogens with zero attached hydrogens (tertiary/aromatic N) is 2. The number of hydrogen-bond acceptors (Lipinski definition) is 2. The first kappa shape index (κ1) is 24.7. The van der Waals surface area contributed by atoms with E-state index < -0.39 is 0 Å². The molecule has 0 aliphatic rings. The monoisotopic (exact) mass is 558 g/mol. The van der Waals surface area contributed by atoms with E-state index in [0.29, 0.717) is 0 Å². The molecule has 0 atom stereocenters. The molecule has 0 radical (unpaired) electrons. The lowest BCUT2D eigenvalue weighted by molar-refractivity contribution is 1.29. The first-order valence-electron chi connectivity index (χ1n) is 15.0. The van der Waals surface area contributed by atoms with Gasteiger partial charge in [-0.05, 0) is 84.5 Å². The Morgan fingerprint density at radius 1 is 0.295 bits per heavy atom. The number of aromatic nitrogens is 2. The van der Waals surface area contributed by atoms with Crippen molar-refractivity contribution in [2.75, 3.05) is 0 Å². The smallest absolute Gasteiger partial charge is 0.0973 e. The second kappa shape index (κ2) is 9.86. The van der Waals surface area contributed by atoms with Crippen LogP contribution in [0.15, 0.2) is 158 Å². The fourth-order valence-corrected chi connectivity index (χ4v) is 6.68. The molecule has 0 fully saturated rings. The van der Waals surface area contributed by atoms with Crippen LogP contribution in [0.2, 0.25) is 0 Å². The van der Waals surface area contributed by atoms with Crippen molar-refractivity contribution >= 4 is 54.1 Å². The molecule has 0 aliphatic carbocycles.